The SMILES string of the molecule is CCN(C1=C(Sc2ccccc2)C(=O)N(c2cccc(C(F)(F)F)c2)C1=O)c1ccccc1. The molecule has 0 N–H and O–H groups in total. The van der Waals surface area contributed by atoms with Gasteiger partial charge in [-0.25, -0.2) is 4.90 Å². The number of likely N-dealkylation sites (N-methyl/N-ethyl adjacent to an activating group) is 1. The molecule has 1 aliphatic heterocycles. The third kappa shape index (κ3) is 4.52. The molecule has 2 amide bonds. The van der Waals surface area contributed by atoms with Gasteiger partial charge in [0.05, 0.1) is 11.3 Å². The quantitative estimate of drug-likeness (QED) is 0.410. The monoisotopic (exact) mass is 468 g/mol. The number of thioether (sulfide) groups is 1. The molecule has 0 atom stereocenters. The van der Waals surface area contributed by atoms with Gasteiger partial charge < -0.3 is 4.90 Å². The molecule has 0 spiro atoms. The predicted molar refractivity (Wildman–Crippen MR) is 123 cm³/mol. The highest BCUT2D eigenvalue weighted by molar-refractivity contribution is 8.04. The number of nitrogens with zero attached hydrogens (tertiary/aromatic N) is 2. The zero-order chi connectivity index (χ0) is 23.6. The van der Waals surface area contributed by atoms with E-state index in [0.29, 0.717) is 12.2 Å². The van der Waals surface area contributed by atoms with Gasteiger partial charge in [-0.15, -0.1) is 0 Å². The second kappa shape index (κ2) is 9.15. The topological polar surface area (TPSA) is 40.6 Å². The fourth-order valence-corrected chi connectivity index (χ4v) is 4.57. The van der Waals surface area contributed by atoms with Crippen LogP contribution in [0.3, 0.4) is 0 Å². The molecule has 0 unspecified atom stereocenters. The van der Waals surface area contributed by atoms with Crippen LogP contribution >= 0.6 is 11.8 Å². The second-order valence-corrected chi connectivity index (χ2v) is 8.25. The number of rotatable bonds is 6. The lowest BCUT2D eigenvalue weighted by Gasteiger charge is -2.24. The molecule has 3 aromatic rings. The van der Waals surface area contributed by atoms with Crippen molar-refractivity contribution in [3.8, 4) is 0 Å². The molecule has 33 heavy (non-hydrogen) atoms. The number of halogens is 3. The molecule has 0 fully saturated rings. The first-order valence-electron chi connectivity index (χ1n) is 10.2. The lowest BCUT2D eigenvalue weighted by Crippen LogP contribution is -2.35. The van der Waals surface area contributed by atoms with Crippen LogP contribution in [0.5, 0.6) is 0 Å². The van der Waals surface area contributed by atoms with E-state index >= 15 is 0 Å². The number of anilines is 2. The molecular formula is C25H19F3N2O2S. The predicted octanol–water partition coefficient (Wildman–Crippen LogP) is 6.11. The van der Waals surface area contributed by atoms with Gasteiger partial charge in [0.15, 0.2) is 0 Å². The minimum atomic E-state index is -4.60. The smallest absolute Gasteiger partial charge is 0.336 e. The van der Waals surface area contributed by atoms with Gasteiger partial charge in [0.2, 0.25) is 0 Å². The third-order valence-electron chi connectivity index (χ3n) is 5.07. The first-order chi connectivity index (χ1) is 15.8. The van der Waals surface area contributed by atoms with E-state index < -0.39 is 23.6 Å². The van der Waals surface area contributed by atoms with E-state index in [-0.39, 0.29) is 16.3 Å². The molecule has 8 heteroatoms. The molecule has 168 valence electrons. The van der Waals surface area contributed by atoms with E-state index in [1.807, 2.05) is 55.5 Å². The van der Waals surface area contributed by atoms with Crippen molar-refractivity contribution in [2.45, 2.75) is 18.0 Å². The normalized spacial score (nSPS) is 14.2. The van der Waals surface area contributed by atoms with E-state index in [9.17, 15) is 22.8 Å². The Morgan fingerprint density at radius 1 is 0.848 bits per heavy atom. The Kier molecular flexibility index (Phi) is 6.29. The zero-order valence-corrected chi connectivity index (χ0v) is 18.4. The number of alkyl halides is 3. The van der Waals surface area contributed by atoms with Gasteiger partial charge in [0.25, 0.3) is 11.8 Å². The van der Waals surface area contributed by atoms with Crippen molar-refractivity contribution in [2.24, 2.45) is 0 Å². The van der Waals surface area contributed by atoms with E-state index in [2.05, 4.69) is 0 Å². The average Bonchev–Trinajstić information content (AvgIpc) is 3.05. The van der Waals surface area contributed by atoms with Crippen molar-refractivity contribution in [2.75, 3.05) is 16.3 Å². The molecule has 0 aliphatic carbocycles. The maximum Gasteiger partial charge on any atom is 0.416 e. The van der Waals surface area contributed by atoms with Crippen LogP contribution in [0.15, 0.2) is 100 Å². The van der Waals surface area contributed by atoms with Gasteiger partial charge in [0.1, 0.15) is 10.6 Å². The molecule has 3 aromatic carbocycles. The Morgan fingerprint density at radius 2 is 1.48 bits per heavy atom. The lowest BCUT2D eigenvalue weighted by atomic mass is 10.2. The summed E-state index contributed by atoms with van der Waals surface area (Å²) in [7, 11) is 0. The van der Waals surface area contributed by atoms with Crippen LogP contribution in [0.4, 0.5) is 24.5 Å². The summed E-state index contributed by atoms with van der Waals surface area (Å²) in [5.74, 6) is -1.32. The van der Waals surface area contributed by atoms with E-state index in [1.165, 1.54) is 12.1 Å². The summed E-state index contributed by atoms with van der Waals surface area (Å²) < 4.78 is 39.8. The molecule has 0 bridgehead atoms. The lowest BCUT2D eigenvalue weighted by molar-refractivity contribution is -0.137. The van der Waals surface area contributed by atoms with Crippen molar-refractivity contribution >= 4 is 35.0 Å². The van der Waals surface area contributed by atoms with Gasteiger partial charge in [0, 0.05) is 17.1 Å². The van der Waals surface area contributed by atoms with Crippen molar-refractivity contribution in [3.63, 3.8) is 0 Å². The molecule has 0 saturated heterocycles. The number of carbonyl (C=O) groups excluding carboxylic acids is 2. The maximum atomic E-state index is 13.6. The Morgan fingerprint density at radius 3 is 2.09 bits per heavy atom. The Balaban J connectivity index is 1.83. The molecule has 4 nitrogen and oxygen atoms in total. The molecule has 0 radical (unpaired) electrons. The molecule has 0 aromatic heterocycles. The standard InChI is InChI=1S/C25H19F3N2O2S/c1-2-29(18-11-5-3-6-12-18)21-22(33-20-14-7-4-8-15-20)24(32)30(23(21)31)19-13-9-10-17(16-19)25(26,27)28/h3-16H,2H2,1H3. The van der Waals surface area contributed by atoms with Crippen molar-refractivity contribution < 1.29 is 22.8 Å². The third-order valence-corrected chi connectivity index (χ3v) is 6.15. The summed E-state index contributed by atoms with van der Waals surface area (Å²) in [6.07, 6.45) is -4.60. The first-order valence-corrected chi connectivity index (χ1v) is 11.0. The fourth-order valence-electron chi connectivity index (χ4n) is 3.57. The molecule has 1 heterocycles. The number of para-hydroxylation sites is 1. The van der Waals surface area contributed by atoms with Crippen LogP contribution in [0, 0.1) is 0 Å². The molecule has 4 rings (SSSR count). The minimum Gasteiger partial charge on any atom is -0.336 e. The molecular weight excluding hydrogens is 449 g/mol. The van der Waals surface area contributed by atoms with Crippen LogP contribution in [0.25, 0.3) is 0 Å². The maximum absolute atomic E-state index is 13.6. The van der Waals surface area contributed by atoms with Gasteiger partial charge in [-0.05, 0) is 49.4 Å². The van der Waals surface area contributed by atoms with Gasteiger partial charge in [-0.2, -0.15) is 13.2 Å². The average molecular weight is 469 g/mol. The minimum absolute atomic E-state index is 0.120. The Bertz CT molecular complexity index is 1210. The van der Waals surface area contributed by atoms with Crippen LogP contribution in [0.2, 0.25) is 0 Å². The first kappa shape index (κ1) is 22.7. The highest BCUT2D eigenvalue weighted by atomic mass is 32.2. The highest BCUT2D eigenvalue weighted by Crippen LogP contribution is 2.41. The van der Waals surface area contributed by atoms with Crippen molar-refractivity contribution in [1.29, 1.82) is 0 Å². The number of hydrogen-bond acceptors (Lipinski definition) is 4. The Labute approximate surface area is 193 Å². The number of carbonyl (C=O) groups is 2. The van der Waals surface area contributed by atoms with Crippen molar-refractivity contribution in [1.82, 2.24) is 0 Å². The van der Waals surface area contributed by atoms with E-state index in [0.717, 1.165) is 33.7 Å². The van der Waals surface area contributed by atoms with Crippen molar-refractivity contribution in [3.05, 3.63) is 101 Å². The number of amides is 2. The summed E-state index contributed by atoms with van der Waals surface area (Å²) in [6.45, 7) is 2.23. The van der Waals surface area contributed by atoms with Gasteiger partial charge >= 0.3 is 6.18 Å². The largest absolute Gasteiger partial charge is 0.416 e. The fraction of sp³-hybridized carbons (Fsp3) is 0.120. The van der Waals surface area contributed by atoms with Crippen LogP contribution in [-0.2, 0) is 15.8 Å². The van der Waals surface area contributed by atoms with Crippen LogP contribution in [0.1, 0.15) is 12.5 Å². The van der Waals surface area contributed by atoms with E-state index in [1.54, 1.807) is 17.0 Å². The number of hydrogen-bond donors (Lipinski definition) is 0. The molecule has 0 saturated carbocycles. The Hall–Kier alpha value is -3.52. The van der Waals surface area contributed by atoms with Crippen LogP contribution < -0.4 is 9.80 Å². The second-order valence-electron chi connectivity index (χ2n) is 7.17. The van der Waals surface area contributed by atoms with Crippen LogP contribution in [-0.4, -0.2) is 18.4 Å². The van der Waals surface area contributed by atoms with Gasteiger partial charge in [-0.3, -0.25) is 9.59 Å². The summed E-state index contributed by atoms with van der Waals surface area (Å²) in [4.78, 5) is 30.5. The summed E-state index contributed by atoms with van der Waals surface area (Å²) >= 11 is 1.12. The zero-order valence-electron chi connectivity index (χ0n) is 17.5. The van der Waals surface area contributed by atoms with Gasteiger partial charge in [-0.1, -0.05) is 54.2 Å². The summed E-state index contributed by atoms with van der Waals surface area (Å²) in [6, 6.07) is 22.4. The van der Waals surface area contributed by atoms with E-state index in [4.69, 9.17) is 0 Å². The summed E-state index contributed by atoms with van der Waals surface area (Å²) in [5.41, 5.74) is -0.208. The number of benzene rings is 3. The molecule has 1 aliphatic rings. The highest BCUT2D eigenvalue weighted by Gasteiger charge is 2.43. The number of imide groups is 1. The summed E-state index contributed by atoms with van der Waals surface area (Å²) in [5, 5.41) is 0.